The van der Waals surface area contributed by atoms with E-state index in [-0.39, 0.29) is 11.9 Å². The summed E-state index contributed by atoms with van der Waals surface area (Å²) in [6.45, 7) is 2.67. The van der Waals surface area contributed by atoms with E-state index in [2.05, 4.69) is 56.1 Å². The molecule has 10 N–H and O–H groups in total. The summed E-state index contributed by atoms with van der Waals surface area (Å²) < 4.78 is 5.64. The number of nitrogens with one attached hydrogen (secondary N) is 6. The van der Waals surface area contributed by atoms with E-state index in [0.717, 1.165) is 57.6 Å². The molecule has 1 amide bonds. The van der Waals surface area contributed by atoms with Gasteiger partial charge in [0, 0.05) is 77.8 Å². The number of amidine groups is 1. The number of anilines is 1. The van der Waals surface area contributed by atoms with E-state index in [1.54, 1.807) is 7.11 Å². The van der Waals surface area contributed by atoms with Crippen LogP contribution in [0.25, 0.3) is 22.3 Å². The van der Waals surface area contributed by atoms with Gasteiger partial charge in [0.05, 0.1) is 18.7 Å². The molecule has 0 radical (unpaired) electrons. The quantitative estimate of drug-likeness (QED) is 0.0364. The Morgan fingerprint density at radius 1 is 1.00 bits per heavy atom. The Bertz CT molecular complexity index is 1820. The largest absolute Gasteiger partial charge is 0.496 e. The molecule has 1 aliphatic rings. The lowest BCUT2D eigenvalue weighted by Crippen LogP contribution is -2.38. The number of carbonyl (C=O) groups excluding carboxylic acids is 1. The smallest absolute Gasteiger partial charge is 0.220 e. The number of carbonyl (C=O) groups is 1. The predicted octanol–water partition coefficient (Wildman–Crippen LogP) is 5.14. The summed E-state index contributed by atoms with van der Waals surface area (Å²) in [5.74, 6) is 11.9. The zero-order valence-corrected chi connectivity index (χ0v) is 28.7. The Labute approximate surface area is 296 Å². The summed E-state index contributed by atoms with van der Waals surface area (Å²) in [5.41, 5.74) is 10.3. The highest BCUT2D eigenvalue weighted by molar-refractivity contribution is 6.36. The SMILES string of the molecule is COc1cc(CNc2cccc(-c3cccc(-c4ccc(CNCC5CCC(=O)N5)cc4)c3Cl)c2C=N)c(Cl)cc1CNC/C(=N/N)NN. The van der Waals surface area contributed by atoms with E-state index in [9.17, 15) is 4.79 Å². The lowest BCUT2D eigenvalue weighted by atomic mass is 9.94. The number of hydrogen-bond acceptors (Lipinski definition) is 9. The number of benzene rings is 4. The molecule has 11 nitrogen and oxygen atoms in total. The Kier molecular flexibility index (Phi) is 12.5. The first-order chi connectivity index (χ1) is 23.8. The van der Waals surface area contributed by atoms with Crippen molar-refractivity contribution in [2.24, 2.45) is 16.8 Å². The number of hydrogen-bond donors (Lipinski definition) is 8. The van der Waals surface area contributed by atoms with Gasteiger partial charge in [-0.25, -0.2) is 5.84 Å². The normalized spacial score (nSPS) is 14.4. The molecule has 0 bridgehead atoms. The lowest BCUT2D eigenvalue weighted by molar-refractivity contribution is -0.119. The summed E-state index contributed by atoms with van der Waals surface area (Å²) in [7, 11) is 1.61. The summed E-state index contributed by atoms with van der Waals surface area (Å²) in [6.07, 6.45) is 2.81. The molecule has 1 heterocycles. The predicted molar refractivity (Wildman–Crippen MR) is 199 cm³/mol. The van der Waals surface area contributed by atoms with Gasteiger partial charge in [0.15, 0.2) is 0 Å². The minimum absolute atomic E-state index is 0.124. The Morgan fingerprint density at radius 2 is 1.76 bits per heavy atom. The highest BCUT2D eigenvalue weighted by Crippen LogP contribution is 2.39. The molecule has 4 aromatic carbocycles. The van der Waals surface area contributed by atoms with Gasteiger partial charge in [0.2, 0.25) is 5.91 Å². The van der Waals surface area contributed by atoms with Crippen LogP contribution in [0.1, 0.15) is 35.1 Å². The van der Waals surface area contributed by atoms with Crippen molar-refractivity contribution in [1.82, 2.24) is 21.4 Å². The van der Waals surface area contributed by atoms with Gasteiger partial charge >= 0.3 is 0 Å². The van der Waals surface area contributed by atoms with Crippen LogP contribution in [0.4, 0.5) is 5.69 Å². The van der Waals surface area contributed by atoms with Gasteiger partial charge in [0.1, 0.15) is 11.6 Å². The molecule has 49 heavy (non-hydrogen) atoms. The number of halogens is 2. The fraction of sp³-hybridized carbons (Fsp3) is 0.250. The second kappa shape index (κ2) is 17.1. The molecule has 0 saturated carbocycles. The van der Waals surface area contributed by atoms with Gasteiger partial charge in [-0.1, -0.05) is 77.8 Å². The first-order valence-electron chi connectivity index (χ1n) is 15.9. The van der Waals surface area contributed by atoms with Gasteiger partial charge in [-0.05, 0) is 46.9 Å². The van der Waals surface area contributed by atoms with Crippen LogP contribution in [-0.4, -0.2) is 44.2 Å². The molecule has 1 atom stereocenters. The molecular weight excluding hydrogens is 661 g/mol. The first kappa shape index (κ1) is 35.7. The lowest BCUT2D eigenvalue weighted by Gasteiger charge is -2.18. The van der Waals surface area contributed by atoms with Crippen LogP contribution in [0.2, 0.25) is 10.0 Å². The fourth-order valence-corrected chi connectivity index (χ4v) is 6.43. The number of nitrogens with two attached hydrogens (primary N) is 2. The van der Waals surface area contributed by atoms with E-state index in [1.807, 2.05) is 48.5 Å². The van der Waals surface area contributed by atoms with Crippen LogP contribution in [0.15, 0.2) is 77.9 Å². The van der Waals surface area contributed by atoms with Crippen molar-refractivity contribution in [3.05, 3.63) is 105 Å². The maximum absolute atomic E-state index is 11.4. The van der Waals surface area contributed by atoms with E-state index < -0.39 is 0 Å². The van der Waals surface area contributed by atoms with Gasteiger partial charge in [-0.15, -0.1) is 0 Å². The molecule has 0 aromatic heterocycles. The molecule has 5 rings (SSSR count). The second-order valence-corrected chi connectivity index (χ2v) is 12.4. The van der Waals surface area contributed by atoms with E-state index in [4.69, 9.17) is 45.0 Å². The van der Waals surface area contributed by atoms with Crippen LogP contribution in [0.3, 0.4) is 0 Å². The molecule has 13 heteroatoms. The van der Waals surface area contributed by atoms with Crippen LogP contribution >= 0.6 is 23.2 Å². The molecule has 1 aliphatic heterocycles. The van der Waals surface area contributed by atoms with E-state index in [0.29, 0.717) is 59.8 Å². The van der Waals surface area contributed by atoms with Crippen LogP contribution in [0.5, 0.6) is 5.75 Å². The molecule has 1 saturated heterocycles. The minimum Gasteiger partial charge on any atom is -0.496 e. The highest BCUT2D eigenvalue weighted by Gasteiger charge is 2.20. The number of hydrazine groups is 1. The second-order valence-electron chi connectivity index (χ2n) is 11.6. The number of ether oxygens (including phenoxy) is 1. The average molecular weight is 703 g/mol. The van der Waals surface area contributed by atoms with Gasteiger partial charge in [0.25, 0.3) is 0 Å². The van der Waals surface area contributed by atoms with Crippen molar-refractivity contribution in [2.75, 3.05) is 25.5 Å². The molecule has 4 aromatic rings. The van der Waals surface area contributed by atoms with E-state index >= 15 is 0 Å². The minimum atomic E-state index is 0.124. The zero-order chi connectivity index (χ0) is 34.8. The third-order valence-electron chi connectivity index (χ3n) is 8.46. The monoisotopic (exact) mass is 701 g/mol. The molecular formula is C36H41Cl2N9O2. The van der Waals surface area contributed by atoms with Crippen LogP contribution in [0, 0.1) is 5.41 Å². The Balaban J connectivity index is 1.29. The van der Waals surface area contributed by atoms with Gasteiger partial charge < -0.3 is 42.7 Å². The Morgan fingerprint density at radius 3 is 2.45 bits per heavy atom. The summed E-state index contributed by atoms with van der Waals surface area (Å²) in [6, 6.07) is 24.1. The number of rotatable bonds is 15. The third kappa shape index (κ3) is 8.88. The van der Waals surface area contributed by atoms with Crippen molar-refractivity contribution in [2.45, 2.75) is 38.5 Å². The van der Waals surface area contributed by atoms with Crippen molar-refractivity contribution in [3.8, 4) is 28.0 Å². The fourth-order valence-electron chi connectivity index (χ4n) is 5.84. The number of nitrogens with zero attached hydrogens (tertiary/aromatic N) is 1. The Hall–Kier alpha value is -4.65. The maximum atomic E-state index is 11.4. The van der Waals surface area contributed by atoms with Gasteiger partial charge in [-0.2, -0.15) is 5.10 Å². The van der Waals surface area contributed by atoms with Crippen LogP contribution in [-0.2, 0) is 24.4 Å². The summed E-state index contributed by atoms with van der Waals surface area (Å²) in [5, 5.41) is 26.2. The van der Waals surface area contributed by atoms with Crippen molar-refractivity contribution >= 4 is 46.8 Å². The van der Waals surface area contributed by atoms with Crippen molar-refractivity contribution in [1.29, 1.82) is 5.41 Å². The molecule has 1 fully saturated rings. The molecule has 256 valence electrons. The van der Waals surface area contributed by atoms with E-state index in [1.165, 1.54) is 6.21 Å². The number of methoxy groups -OCH3 is 1. The number of amides is 1. The standard InChI is InChI=1S/C36H41Cl2N9O2/c1-49-33-15-24(31(37)14-25(33)18-43-21-34(46-40)47-41)19-44-32-7-3-5-28(30(32)16-39)29-6-2-4-27(36(29)38)23-10-8-22(9-11-23)17-42-20-26-12-13-35(48)45-26/h2-11,14-16,26,39,42-44H,12-13,17-21,40-41H2,1H3,(H,45,48)(H,46,47). The summed E-state index contributed by atoms with van der Waals surface area (Å²) >= 11 is 13.8. The maximum Gasteiger partial charge on any atom is 0.220 e. The highest BCUT2D eigenvalue weighted by atomic mass is 35.5. The molecule has 1 unspecified atom stereocenters. The average Bonchev–Trinajstić information content (AvgIpc) is 3.54. The first-order valence-corrected chi connectivity index (χ1v) is 16.7. The van der Waals surface area contributed by atoms with Crippen LogP contribution < -0.4 is 43.1 Å². The topological polar surface area (TPSA) is 175 Å². The van der Waals surface area contributed by atoms with Gasteiger partial charge in [-0.3, -0.25) is 4.79 Å². The van der Waals surface area contributed by atoms with Crippen molar-refractivity contribution in [3.63, 3.8) is 0 Å². The van der Waals surface area contributed by atoms with Crippen molar-refractivity contribution < 1.29 is 9.53 Å². The molecule has 0 spiro atoms. The zero-order valence-electron chi connectivity index (χ0n) is 27.2. The summed E-state index contributed by atoms with van der Waals surface area (Å²) in [4.78, 5) is 11.4. The third-order valence-corrected chi connectivity index (χ3v) is 9.22. The number of hydrazone groups is 1. The molecule has 0 aliphatic carbocycles.